The third-order valence-corrected chi connectivity index (χ3v) is 2.70. The number of hydrogen-bond donors (Lipinski definition) is 0. The van der Waals surface area contributed by atoms with Gasteiger partial charge in [-0.2, -0.15) is 0 Å². The van der Waals surface area contributed by atoms with Gasteiger partial charge in [0.25, 0.3) is 0 Å². The van der Waals surface area contributed by atoms with Gasteiger partial charge in [-0.1, -0.05) is 0 Å². The quantitative estimate of drug-likeness (QED) is 0.749. The van der Waals surface area contributed by atoms with E-state index in [-0.39, 0.29) is 12.4 Å². The number of benzene rings is 1. The maximum atomic E-state index is 10.6. The molecule has 90 valence electrons. The summed E-state index contributed by atoms with van der Waals surface area (Å²) in [5.41, 5.74) is 3.65. The lowest BCUT2D eigenvalue weighted by molar-refractivity contribution is 0.865. The van der Waals surface area contributed by atoms with E-state index < -0.39 is 0 Å². The van der Waals surface area contributed by atoms with Crippen molar-refractivity contribution in [3.63, 3.8) is 0 Å². The summed E-state index contributed by atoms with van der Waals surface area (Å²) in [5, 5.41) is 3.05. The van der Waals surface area contributed by atoms with Gasteiger partial charge >= 0.3 is 0 Å². The molecular formula is C12H19ClN2O. The zero-order chi connectivity index (χ0) is 11.4. The van der Waals surface area contributed by atoms with Crippen LogP contribution < -0.4 is 4.90 Å². The Balaban J connectivity index is 0.00000225. The van der Waals surface area contributed by atoms with E-state index in [0.29, 0.717) is 5.69 Å². The Morgan fingerprint density at radius 1 is 1.12 bits per heavy atom. The van der Waals surface area contributed by atoms with Gasteiger partial charge in [0.05, 0.1) is 0 Å². The Morgan fingerprint density at radius 3 is 1.88 bits per heavy atom. The third-order valence-electron chi connectivity index (χ3n) is 2.70. The summed E-state index contributed by atoms with van der Waals surface area (Å²) >= 11 is 0. The van der Waals surface area contributed by atoms with Crippen molar-refractivity contribution in [3.8, 4) is 0 Å². The van der Waals surface area contributed by atoms with Crippen LogP contribution in [0.15, 0.2) is 17.3 Å². The van der Waals surface area contributed by atoms with E-state index in [1.165, 1.54) is 5.69 Å². The van der Waals surface area contributed by atoms with Gasteiger partial charge < -0.3 is 4.90 Å². The molecule has 1 aromatic carbocycles. The van der Waals surface area contributed by atoms with E-state index in [0.717, 1.165) is 24.2 Å². The smallest absolute Gasteiger partial charge is 0.113 e. The topological polar surface area (TPSA) is 32.7 Å². The maximum Gasteiger partial charge on any atom is 0.113 e. The minimum absolute atomic E-state index is 0. The molecule has 0 amide bonds. The lowest BCUT2D eigenvalue weighted by Crippen LogP contribution is -2.21. The molecule has 3 nitrogen and oxygen atoms in total. The second kappa shape index (κ2) is 6.48. The number of halogens is 1. The highest BCUT2D eigenvalue weighted by molar-refractivity contribution is 5.85. The number of hydrogen-bond acceptors (Lipinski definition) is 3. The zero-order valence-electron chi connectivity index (χ0n) is 10.3. The maximum absolute atomic E-state index is 10.6. The predicted molar refractivity (Wildman–Crippen MR) is 72.2 cm³/mol. The molecule has 0 radical (unpaired) electrons. The molecular weight excluding hydrogens is 224 g/mol. The molecule has 0 aliphatic rings. The van der Waals surface area contributed by atoms with Gasteiger partial charge in [0.2, 0.25) is 0 Å². The van der Waals surface area contributed by atoms with E-state index in [2.05, 4.69) is 23.9 Å². The van der Waals surface area contributed by atoms with Crippen molar-refractivity contribution in [3.05, 3.63) is 28.2 Å². The number of nitroso groups, excluding NO2 is 1. The summed E-state index contributed by atoms with van der Waals surface area (Å²) in [6.07, 6.45) is 0. The second-order valence-corrected chi connectivity index (χ2v) is 3.69. The van der Waals surface area contributed by atoms with Crippen LogP contribution in [0.3, 0.4) is 0 Å². The fraction of sp³-hybridized carbons (Fsp3) is 0.500. The van der Waals surface area contributed by atoms with Crippen LogP contribution >= 0.6 is 12.4 Å². The van der Waals surface area contributed by atoms with Gasteiger partial charge in [0.1, 0.15) is 5.69 Å². The Hall–Kier alpha value is -1.09. The number of anilines is 1. The Labute approximate surface area is 103 Å². The lowest BCUT2D eigenvalue weighted by atomic mass is 10.1. The molecule has 0 saturated carbocycles. The fourth-order valence-corrected chi connectivity index (χ4v) is 1.85. The van der Waals surface area contributed by atoms with E-state index in [4.69, 9.17) is 0 Å². The largest absolute Gasteiger partial charge is 0.372 e. The molecule has 0 aliphatic heterocycles. The molecule has 0 N–H and O–H groups in total. The fourth-order valence-electron chi connectivity index (χ4n) is 1.85. The average Bonchev–Trinajstić information content (AvgIpc) is 2.19. The summed E-state index contributed by atoms with van der Waals surface area (Å²) in [6, 6.07) is 4.05. The highest BCUT2D eigenvalue weighted by Gasteiger charge is 2.08. The minimum Gasteiger partial charge on any atom is -0.372 e. The molecule has 0 bridgehead atoms. The van der Waals surface area contributed by atoms with Gasteiger partial charge in [0.15, 0.2) is 0 Å². The van der Waals surface area contributed by atoms with Gasteiger partial charge in [-0.25, -0.2) is 0 Å². The molecule has 1 rings (SSSR count). The monoisotopic (exact) mass is 242 g/mol. The zero-order valence-corrected chi connectivity index (χ0v) is 11.1. The molecule has 0 atom stereocenters. The molecule has 0 aliphatic carbocycles. The Bertz CT molecular complexity index is 339. The van der Waals surface area contributed by atoms with Crippen LogP contribution in [0.2, 0.25) is 0 Å². The summed E-state index contributed by atoms with van der Waals surface area (Å²) in [4.78, 5) is 12.9. The number of aryl methyl sites for hydroxylation is 2. The first-order valence-corrected chi connectivity index (χ1v) is 5.33. The summed E-state index contributed by atoms with van der Waals surface area (Å²) in [5.74, 6) is 0. The third kappa shape index (κ3) is 2.95. The standard InChI is InChI=1S/C12H18N2O.ClH/c1-5-14(6-2)11-7-9(3)12(13-15)10(4)8-11;/h7-8H,5-6H2,1-4H3;1H. The lowest BCUT2D eigenvalue weighted by Gasteiger charge is -2.22. The Morgan fingerprint density at radius 2 is 1.56 bits per heavy atom. The van der Waals surface area contributed by atoms with Crippen molar-refractivity contribution >= 4 is 23.8 Å². The van der Waals surface area contributed by atoms with Crippen molar-refractivity contribution in [2.45, 2.75) is 27.7 Å². The van der Waals surface area contributed by atoms with E-state index in [1.807, 2.05) is 26.0 Å². The second-order valence-electron chi connectivity index (χ2n) is 3.69. The molecule has 0 saturated heterocycles. The minimum atomic E-state index is 0. The van der Waals surface area contributed by atoms with Crippen LogP contribution in [-0.4, -0.2) is 13.1 Å². The SMILES string of the molecule is CCN(CC)c1cc(C)c(N=O)c(C)c1.Cl. The highest BCUT2D eigenvalue weighted by Crippen LogP contribution is 2.28. The first-order valence-electron chi connectivity index (χ1n) is 5.33. The van der Waals surface area contributed by atoms with E-state index in [9.17, 15) is 4.91 Å². The first-order chi connectivity index (χ1) is 7.13. The van der Waals surface area contributed by atoms with Crippen LogP contribution in [0.25, 0.3) is 0 Å². The molecule has 0 aromatic heterocycles. The van der Waals surface area contributed by atoms with E-state index in [1.54, 1.807) is 0 Å². The van der Waals surface area contributed by atoms with Crippen molar-refractivity contribution < 1.29 is 0 Å². The average molecular weight is 243 g/mol. The van der Waals surface area contributed by atoms with Crippen molar-refractivity contribution in [1.82, 2.24) is 0 Å². The molecule has 1 aromatic rings. The number of nitrogens with zero attached hydrogens (tertiary/aromatic N) is 2. The summed E-state index contributed by atoms with van der Waals surface area (Å²) < 4.78 is 0. The van der Waals surface area contributed by atoms with Crippen LogP contribution in [-0.2, 0) is 0 Å². The van der Waals surface area contributed by atoms with Gasteiger partial charge in [-0.05, 0) is 56.1 Å². The van der Waals surface area contributed by atoms with Gasteiger partial charge in [0, 0.05) is 18.8 Å². The first kappa shape index (κ1) is 14.9. The van der Waals surface area contributed by atoms with Crippen LogP contribution in [0, 0.1) is 18.8 Å². The Kier molecular flexibility index (Phi) is 6.04. The van der Waals surface area contributed by atoms with Crippen molar-refractivity contribution in [2.75, 3.05) is 18.0 Å². The number of rotatable bonds is 4. The molecule has 0 unspecified atom stereocenters. The van der Waals surface area contributed by atoms with Crippen molar-refractivity contribution in [1.29, 1.82) is 0 Å². The molecule has 4 heteroatoms. The highest BCUT2D eigenvalue weighted by atomic mass is 35.5. The van der Waals surface area contributed by atoms with Gasteiger partial charge in [-0.3, -0.25) is 0 Å². The van der Waals surface area contributed by atoms with E-state index >= 15 is 0 Å². The van der Waals surface area contributed by atoms with Gasteiger partial charge in [-0.15, -0.1) is 17.3 Å². The molecule has 16 heavy (non-hydrogen) atoms. The van der Waals surface area contributed by atoms with Crippen molar-refractivity contribution in [2.24, 2.45) is 5.18 Å². The molecule has 0 fully saturated rings. The van der Waals surface area contributed by atoms with Crippen LogP contribution in [0.5, 0.6) is 0 Å². The molecule has 0 heterocycles. The molecule has 0 spiro atoms. The predicted octanol–water partition coefficient (Wildman–Crippen LogP) is 3.97. The van der Waals surface area contributed by atoms with Crippen LogP contribution in [0.1, 0.15) is 25.0 Å². The summed E-state index contributed by atoms with van der Waals surface area (Å²) in [6.45, 7) is 10.1. The summed E-state index contributed by atoms with van der Waals surface area (Å²) in [7, 11) is 0. The normalized spacial score (nSPS) is 9.50. The van der Waals surface area contributed by atoms with Crippen LogP contribution in [0.4, 0.5) is 11.4 Å².